The number of carboxylic acids is 1. The Labute approximate surface area is 123 Å². The molecular formula is C14H21O6P. The highest BCUT2D eigenvalue weighted by atomic mass is 31.2. The number of carboxylic acid groups (broad SMARTS) is 1. The summed E-state index contributed by atoms with van der Waals surface area (Å²) in [6.45, 7) is 1.71. The van der Waals surface area contributed by atoms with E-state index in [1.54, 1.807) is 31.2 Å². The first-order valence-corrected chi connectivity index (χ1v) is 8.69. The van der Waals surface area contributed by atoms with Crippen molar-refractivity contribution < 1.29 is 29.5 Å². The van der Waals surface area contributed by atoms with Crippen molar-refractivity contribution in [3.63, 3.8) is 0 Å². The fraction of sp³-hybridized carbons (Fsp3) is 0.500. The Morgan fingerprint density at radius 3 is 2.43 bits per heavy atom. The minimum Gasteiger partial charge on any atom is -0.481 e. The quantitative estimate of drug-likeness (QED) is 0.367. The van der Waals surface area contributed by atoms with Crippen molar-refractivity contribution in [1.82, 2.24) is 0 Å². The summed E-state index contributed by atoms with van der Waals surface area (Å²) >= 11 is 0. The SMILES string of the molecule is CCC(C(CCC(=O)O)OO)P(=O)(O)Cc1ccccc1. The molecule has 0 spiro atoms. The Hall–Kier alpha value is -1.20. The van der Waals surface area contributed by atoms with Crippen LogP contribution in [0.15, 0.2) is 30.3 Å². The van der Waals surface area contributed by atoms with Crippen LogP contribution in [0.3, 0.4) is 0 Å². The summed E-state index contributed by atoms with van der Waals surface area (Å²) in [5, 5.41) is 17.6. The third-order valence-electron chi connectivity index (χ3n) is 3.40. The monoisotopic (exact) mass is 316 g/mol. The van der Waals surface area contributed by atoms with E-state index in [9.17, 15) is 14.3 Å². The third kappa shape index (κ3) is 5.59. The van der Waals surface area contributed by atoms with E-state index >= 15 is 0 Å². The van der Waals surface area contributed by atoms with Gasteiger partial charge < -0.3 is 10.00 Å². The Kier molecular flexibility index (Phi) is 7.05. The van der Waals surface area contributed by atoms with Crippen LogP contribution in [0.2, 0.25) is 0 Å². The summed E-state index contributed by atoms with van der Waals surface area (Å²) in [6.07, 6.45) is -0.924. The van der Waals surface area contributed by atoms with Crippen LogP contribution >= 0.6 is 7.37 Å². The lowest BCUT2D eigenvalue weighted by Gasteiger charge is -2.27. The van der Waals surface area contributed by atoms with E-state index < -0.39 is 25.1 Å². The summed E-state index contributed by atoms with van der Waals surface area (Å²) in [5.41, 5.74) is -0.0845. The largest absolute Gasteiger partial charge is 0.481 e. The molecule has 3 N–H and O–H groups in total. The second-order valence-corrected chi connectivity index (χ2v) is 7.44. The summed E-state index contributed by atoms with van der Waals surface area (Å²) in [4.78, 5) is 25.2. The van der Waals surface area contributed by atoms with E-state index in [2.05, 4.69) is 4.89 Å². The van der Waals surface area contributed by atoms with Crippen molar-refractivity contribution >= 4 is 13.3 Å². The van der Waals surface area contributed by atoms with Gasteiger partial charge >= 0.3 is 5.97 Å². The molecule has 1 rings (SSSR count). The van der Waals surface area contributed by atoms with Gasteiger partial charge in [0, 0.05) is 12.6 Å². The van der Waals surface area contributed by atoms with Crippen LogP contribution in [-0.4, -0.2) is 33.0 Å². The van der Waals surface area contributed by atoms with E-state index in [0.717, 1.165) is 5.56 Å². The van der Waals surface area contributed by atoms with Gasteiger partial charge in [-0.15, -0.1) is 0 Å². The minimum atomic E-state index is -3.64. The molecule has 0 aliphatic rings. The number of hydrogen-bond acceptors (Lipinski definition) is 4. The first kappa shape index (κ1) is 17.9. The van der Waals surface area contributed by atoms with Crippen LogP contribution in [0, 0.1) is 0 Å². The number of carbonyl (C=O) groups is 1. The van der Waals surface area contributed by atoms with Crippen molar-refractivity contribution in [3.05, 3.63) is 35.9 Å². The number of hydrogen-bond donors (Lipinski definition) is 3. The molecule has 0 saturated carbocycles. The van der Waals surface area contributed by atoms with Gasteiger partial charge in [0.05, 0.1) is 5.66 Å². The highest BCUT2D eigenvalue weighted by Crippen LogP contribution is 2.53. The second-order valence-electron chi connectivity index (χ2n) is 4.95. The van der Waals surface area contributed by atoms with Gasteiger partial charge in [0.2, 0.25) is 7.37 Å². The lowest BCUT2D eigenvalue weighted by molar-refractivity contribution is -0.280. The summed E-state index contributed by atoms with van der Waals surface area (Å²) in [7, 11) is -3.64. The molecule has 0 radical (unpaired) electrons. The Morgan fingerprint density at radius 2 is 1.95 bits per heavy atom. The molecule has 0 amide bonds. The molecule has 0 bridgehead atoms. The zero-order chi connectivity index (χ0) is 15.9. The predicted octanol–water partition coefficient (Wildman–Crippen LogP) is 2.96. The van der Waals surface area contributed by atoms with Gasteiger partial charge in [-0.3, -0.25) is 14.6 Å². The maximum atomic E-state index is 12.6. The number of rotatable bonds is 9. The average molecular weight is 316 g/mol. The Bertz CT molecular complexity index is 489. The van der Waals surface area contributed by atoms with Crippen molar-refractivity contribution in [2.24, 2.45) is 0 Å². The summed E-state index contributed by atoms with van der Waals surface area (Å²) in [6, 6.07) is 8.88. The van der Waals surface area contributed by atoms with Gasteiger partial charge in [-0.25, -0.2) is 4.89 Å². The molecular weight excluding hydrogens is 295 g/mol. The molecule has 0 heterocycles. The van der Waals surface area contributed by atoms with E-state index in [-0.39, 0.29) is 19.0 Å². The van der Waals surface area contributed by atoms with Crippen LogP contribution in [0.5, 0.6) is 0 Å². The van der Waals surface area contributed by atoms with Gasteiger partial charge in [0.1, 0.15) is 6.10 Å². The van der Waals surface area contributed by atoms with Gasteiger partial charge in [-0.1, -0.05) is 37.3 Å². The zero-order valence-corrected chi connectivity index (χ0v) is 12.8. The summed E-state index contributed by atoms with van der Waals surface area (Å²) < 4.78 is 12.6. The molecule has 1 aromatic rings. The summed E-state index contributed by atoms with van der Waals surface area (Å²) in [5.74, 6) is -1.04. The number of benzene rings is 1. The maximum absolute atomic E-state index is 12.6. The second kappa shape index (κ2) is 8.29. The molecule has 0 saturated heterocycles. The van der Waals surface area contributed by atoms with Crippen molar-refractivity contribution in [1.29, 1.82) is 0 Å². The highest BCUT2D eigenvalue weighted by Gasteiger charge is 2.37. The maximum Gasteiger partial charge on any atom is 0.303 e. The normalized spacial score (nSPS) is 16.9. The van der Waals surface area contributed by atoms with Crippen LogP contribution in [0.4, 0.5) is 0 Å². The molecule has 0 aliphatic heterocycles. The molecule has 3 unspecified atom stereocenters. The van der Waals surface area contributed by atoms with Crippen molar-refractivity contribution in [3.8, 4) is 0 Å². The number of aliphatic carboxylic acids is 1. The average Bonchev–Trinajstić information content (AvgIpc) is 2.43. The fourth-order valence-corrected chi connectivity index (χ4v) is 4.61. The molecule has 21 heavy (non-hydrogen) atoms. The smallest absolute Gasteiger partial charge is 0.303 e. The van der Waals surface area contributed by atoms with Crippen molar-refractivity contribution in [2.75, 3.05) is 0 Å². The van der Waals surface area contributed by atoms with E-state index in [1.807, 2.05) is 6.07 Å². The van der Waals surface area contributed by atoms with Crippen LogP contribution in [0.25, 0.3) is 0 Å². The van der Waals surface area contributed by atoms with Gasteiger partial charge in [-0.2, -0.15) is 0 Å². The molecule has 0 aliphatic carbocycles. The molecule has 7 heteroatoms. The standard InChI is InChI=1S/C14H21O6P/c1-2-13(12(20-17)8-9-14(15)16)21(18,19)10-11-6-4-3-5-7-11/h3-7,12-13,17H,2,8-10H2,1H3,(H,15,16)(H,18,19). The predicted molar refractivity (Wildman–Crippen MR) is 78.4 cm³/mol. The molecule has 1 aromatic carbocycles. The van der Waals surface area contributed by atoms with Crippen LogP contribution in [-0.2, 0) is 20.4 Å². The van der Waals surface area contributed by atoms with E-state index in [4.69, 9.17) is 10.4 Å². The highest BCUT2D eigenvalue weighted by molar-refractivity contribution is 7.58. The van der Waals surface area contributed by atoms with Gasteiger partial charge in [0.15, 0.2) is 0 Å². The Morgan fingerprint density at radius 1 is 1.33 bits per heavy atom. The van der Waals surface area contributed by atoms with Crippen molar-refractivity contribution in [2.45, 2.75) is 44.1 Å². The van der Waals surface area contributed by atoms with E-state index in [1.165, 1.54) is 0 Å². The molecule has 0 fully saturated rings. The third-order valence-corrected chi connectivity index (χ3v) is 5.95. The first-order valence-electron chi connectivity index (χ1n) is 6.78. The topological polar surface area (TPSA) is 104 Å². The van der Waals surface area contributed by atoms with Gasteiger partial charge in [-0.05, 0) is 18.4 Å². The lowest BCUT2D eigenvalue weighted by atomic mass is 10.1. The van der Waals surface area contributed by atoms with Gasteiger partial charge in [0.25, 0.3) is 0 Å². The molecule has 0 aromatic heterocycles. The lowest BCUT2D eigenvalue weighted by Crippen LogP contribution is -2.29. The zero-order valence-electron chi connectivity index (χ0n) is 11.9. The van der Waals surface area contributed by atoms with Crippen LogP contribution in [0.1, 0.15) is 31.7 Å². The molecule has 118 valence electrons. The fourth-order valence-electron chi connectivity index (χ4n) is 2.35. The first-order chi connectivity index (χ1) is 9.90. The van der Waals surface area contributed by atoms with E-state index in [0.29, 0.717) is 6.42 Å². The minimum absolute atomic E-state index is 0.0102. The molecule has 3 atom stereocenters. The Balaban J connectivity index is 2.84. The molecule has 6 nitrogen and oxygen atoms in total. The van der Waals surface area contributed by atoms with Crippen LogP contribution < -0.4 is 0 Å².